The number of aromatic nitrogens is 3. The highest BCUT2D eigenvalue weighted by Gasteiger charge is 2.22. The van der Waals surface area contributed by atoms with Gasteiger partial charge in [-0.25, -0.2) is 0 Å². The van der Waals surface area contributed by atoms with Crippen molar-refractivity contribution >= 4 is 29.3 Å². The van der Waals surface area contributed by atoms with Crippen LogP contribution in [0.3, 0.4) is 0 Å². The summed E-state index contributed by atoms with van der Waals surface area (Å²) in [6.45, 7) is 5.25. The van der Waals surface area contributed by atoms with Crippen LogP contribution in [0.5, 0.6) is 0 Å². The third-order valence-electron chi connectivity index (χ3n) is 4.40. The van der Waals surface area contributed by atoms with Crippen molar-refractivity contribution in [1.82, 2.24) is 19.7 Å². The molecule has 0 bridgehead atoms. The summed E-state index contributed by atoms with van der Waals surface area (Å²) in [6.07, 6.45) is 0. The Morgan fingerprint density at radius 2 is 1.82 bits per heavy atom. The van der Waals surface area contributed by atoms with Crippen LogP contribution < -0.4 is 0 Å². The molecule has 0 N–H and O–H groups in total. The van der Waals surface area contributed by atoms with Gasteiger partial charge in [0.15, 0.2) is 11.0 Å². The number of halogens is 1. The molecule has 1 heterocycles. The molecule has 0 aliphatic heterocycles. The highest BCUT2D eigenvalue weighted by atomic mass is 35.5. The van der Waals surface area contributed by atoms with Gasteiger partial charge < -0.3 is 9.47 Å². The van der Waals surface area contributed by atoms with Gasteiger partial charge in [0.2, 0.25) is 5.91 Å². The first-order chi connectivity index (χ1) is 13.5. The van der Waals surface area contributed by atoms with E-state index in [1.807, 2.05) is 80.1 Å². The van der Waals surface area contributed by atoms with E-state index in [1.165, 1.54) is 11.8 Å². The largest absolute Gasteiger partial charge is 0.340 e. The molecule has 5 nitrogen and oxygen atoms in total. The van der Waals surface area contributed by atoms with Gasteiger partial charge in [0, 0.05) is 30.7 Å². The smallest absolute Gasteiger partial charge is 0.235 e. The van der Waals surface area contributed by atoms with Crippen molar-refractivity contribution in [2.75, 3.05) is 7.05 Å². The molecule has 1 unspecified atom stereocenters. The molecule has 0 saturated heterocycles. The first-order valence-corrected chi connectivity index (χ1v) is 10.4. The van der Waals surface area contributed by atoms with E-state index in [0.717, 1.165) is 22.1 Å². The topological polar surface area (TPSA) is 51.0 Å². The van der Waals surface area contributed by atoms with Crippen LogP contribution in [-0.4, -0.2) is 37.9 Å². The second-order valence-corrected chi connectivity index (χ2v) is 8.24. The number of thioether (sulfide) groups is 1. The SMILES string of the molecule is CCn1c(SC(C)C(=O)N(C)Cc2ccccc2)nnc1-c1ccc(Cl)cc1. The Hall–Kier alpha value is -2.31. The van der Waals surface area contributed by atoms with Crippen LogP contribution in [0, 0.1) is 0 Å². The Kier molecular flexibility index (Phi) is 6.75. The van der Waals surface area contributed by atoms with Gasteiger partial charge in [-0.3, -0.25) is 4.79 Å². The highest BCUT2D eigenvalue weighted by molar-refractivity contribution is 8.00. The van der Waals surface area contributed by atoms with Crippen molar-refractivity contribution in [3.05, 3.63) is 65.2 Å². The molecule has 7 heteroatoms. The van der Waals surface area contributed by atoms with Gasteiger partial charge in [0.25, 0.3) is 0 Å². The van der Waals surface area contributed by atoms with E-state index >= 15 is 0 Å². The Labute approximate surface area is 174 Å². The van der Waals surface area contributed by atoms with Gasteiger partial charge in [0.05, 0.1) is 5.25 Å². The molecule has 1 aromatic heterocycles. The molecule has 0 spiro atoms. The normalized spacial score (nSPS) is 12.0. The van der Waals surface area contributed by atoms with E-state index in [0.29, 0.717) is 18.1 Å². The first kappa shape index (κ1) is 20.4. The van der Waals surface area contributed by atoms with E-state index in [-0.39, 0.29) is 11.2 Å². The molecule has 3 rings (SSSR count). The summed E-state index contributed by atoms with van der Waals surface area (Å²) in [5, 5.41) is 9.82. The van der Waals surface area contributed by atoms with Crippen molar-refractivity contribution in [3.63, 3.8) is 0 Å². The Morgan fingerprint density at radius 3 is 2.46 bits per heavy atom. The fraction of sp³-hybridized carbons (Fsp3) is 0.286. The number of carbonyl (C=O) groups is 1. The molecule has 3 aromatic rings. The third-order valence-corrected chi connectivity index (χ3v) is 5.72. The summed E-state index contributed by atoms with van der Waals surface area (Å²) in [6, 6.07) is 17.5. The summed E-state index contributed by atoms with van der Waals surface area (Å²) in [4.78, 5) is 14.5. The molecule has 0 fully saturated rings. The quantitative estimate of drug-likeness (QED) is 0.523. The van der Waals surface area contributed by atoms with Gasteiger partial charge in [-0.15, -0.1) is 10.2 Å². The number of benzene rings is 2. The van der Waals surface area contributed by atoms with Crippen LogP contribution in [0.25, 0.3) is 11.4 Å². The molecular formula is C21H23ClN4OS. The summed E-state index contributed by atoms with van der Waals surface area (Å²) >= 11 is 7.41. The van der Waals surface area contributed by atoms with Crippen LogP contribution >= 0.6 is 23.4 Å². The van der Waals surface area contributed by atoms with Gasteiger partial charge >= 0.3 is 0 Å². The molecule has 1 amide bonds. The third kappa shape index (κ3) is 4.75. The van der Waals surface area contributed by atoms with E-state index in [2.05, 4.69) is 10.2 Å². The summed E-state index contributed by atoms with van der Waals surface area (Å²) < 4.78 is 2.02. The molecule has 28 heavy (non-hydrogen) atoms. The zero-order valence-electron chi connectivity index (χ0n) is 16.2. The van der Waals surface area contributed by atoms with Crippen molar-refractivity contribution < 1.29 is 4.79 Å². The predicted molar refractivity (Wildman–Crippen MR) is 114 cm³/mol. The van der Waals surface area contributed by atoms with Crippen LogP contribution in [0.15, 0.2) is 59.8 Å². The minimum Gasteiger partial charge on any atom is -0.340 e. The molecule has 146 valence electrons. The second kappa shape index (κ2) is 9.26. The van der Waals surface area contributed by atoms with Gasteiger partial charge in [-0.1, -0.05) is 53.7 Å². The van der Waals surface area contributed by atoms with Crippen molar-refractivity contribution in [2.45, 2.75) is 37.3 Å². The van der Waals surface area contributed by atoms with E-state index in [4.69, 9.17) is 11.6 Å². The minimum atomic E-state index is -0.263. The minimum absolute atomic E-state index is 0.0625. The zero-order chi connectivity index (χ0) is 20.1. The number of carbonyl (C=O) groups excluding carboxylic acids is 1. The monoisotopic (exact) mass is 414 g/mol. The summed E-state index contributed by atoms with van der Waals surface area (Å²) in [5.41, 5.74) is 2.06. The van der Waals surface area contributed by atoms with E-state index in [9.17, 15) is 4.79 Å². The van der Waals surface area contributed by atoms with Gasteiger partial charge in [0.1, 0.15) is 0 Å². The maximum atomic E-state index is 12.8. The van der Waals surface area contributed by atoms with Crippen LogP contribution in [0.1, 0.15) is 19.4 Å². The molecule has 2 aromatic carbocycles. The van der Waals surface area contributed by atoms with Crippen LogP contribution in [0.2, 0.25) is 5.02 Å². The fourth-order valence-electron chi connectivity index (χ4n) is 2.93. The van der Waals surface area contributed by atoms with Crippen molar-refractivity contribution in [2.24, 2.45) is 0 Å². The molecule has 0 aliphatic carbocycles. The second-order valence-electron chi connectivity index (χ2n) is 6.50. The summed E-state index contributed by atoms with van der Waals surface area (Å²) in [7, 11) is 1.83. The maximum Gasteiger partial charge on any atom is 0.235 e. The predicted octanol–water partition coefficient (Wildman–Crippen LogP) is 4.76. The number of hydrogen-bond acceptors (Lipinski definition) is 4. The fourth-order valence-corrected chi connectivity index (χ4v) is 4.08. The lowest BCUT2D eigenvalue weighted by Crippen LogP contribution is -2.33. The number of nitrogens with zero attached hydrogens (tertiary/aromatic N) is 4. The zero-order valence-corrected chi connectivity index (χ0v) is 17.7. The van der Waals surface area contributed by atoms with Gasteiger partial charge in [-0.05, 0) is 43.7 Å². The average Bonchev–Trinajstić information content (AvgIpc) is 3.11. The lowest BCUT2D eigenvalue weighted by molar-refractivity contribution is -0.129. The van der Waals surface area contributed by atoms with E-state index in [1.54, 1.807) is 4.90 Å². The van der Waals surface area contributed by atoms with Gasteiger partial charge in [-0.2, -0.15) is 0 Å². The van der Waals surface area contributed by atoms with Crippen LogP contribution in [-0.2, 0) is 17.9 Å². The lowest BCUT2D eigenvalue weighted by atomic mass is 10.2. The number of hydrogen-bond donors (Lipinski definition) is 0. The van der Waals surface area contributed by atoms with Crippen molar-refractivity contribution in [3.8, 4) is 11.4 Å². The molecular weight excluding hydrogens is 392 g/mol. The first-order valence-electron chi connectivity index (χ1n) is 9.14. The highest BCUT2D eigenvalue weighted by Crippen LogP contribution is 2.28. The average molecular weight is 415 g/mol. The van der Waals surface area contributed by atoms with E-state index < -0.39 is 0 Å². The standard InChI is InChI=1S/C21H23ClN4OS/c1-4-26-19(17-10-12-18(22)13-11-17)23-24-21(26)28-15(2)20(27)25(3)14-16-8-6-5-7-9-16/h5-13,15H,4,14H2,1-3H3. The molecule has 0 aliphatic rings. The Bertz CT molecular complexity index is 927. The maximum absolute atomic E-state index is 12.8. The number of rotatable bonds is 7. The van der Waals surface area contributed by atoms with Crippen molar-refractivity contribution in [1.29, 1.82) is 0 Å². The Morgan fingerprint density at radius 1 is 1.14 bits per heavy atom. The Balaban J connectivity index is 1.72. The number of amides is 1. The summed E-state index contributed by atoms with van der Waals surface area (Å²) in [5.74, 6) is 0.839. The van der Waals surface area contributed by atoms with Crippen LogP contribution in [0.4, 0.5) is 0 Å². The lowest BCUT2D eigenvalue weighted by Gasteiger charge is -2.21. The molecule has 0 saturated carbocycles. The molecule has 1 atom stereocenters. The molecule has 0 radical (unpaired) electrons.